The van der Waals surface area contributed by atoms with Gasteiger partial charge in [0.1, 0.15) is 16.4 Å². The molecule has 0 radical (unpaired) electrons. The number of carbonyl (C=O) groups excluding carboxylic acids is 1. The number of aliphatic hydroxyl groups is 1. The fraction of sp³-hybridized carbons (Fsp3) is 0.273. The molecule has 4 aromatic heterocycles. The first-order valence-corrected chi connectivity index (χ1v) is 11.6. The zero-order valence-electron chi connectivity index (χ0n) is 18.3. The van der Waals surface area contributed by atoms with E-state index in [9.17, 15) is 9.90 Å². The van der Waals surface area contributed by atoms with Crippen molar-refractivity contribution in [3.63, 3.8) is 0 Å². The molecule has 2 N–H and O–H groups in total. The molecule has 0 aromatic carbocycles. The van der Waals surface area contributed by atoms with E-state index < -0.39 is 0 Å². The molecule has 1 saturated heterocycles. The van der Waals surface area contributed by atoms with Gasteiger partial charge in [0.25, 0.3) is 5.91 Å². The summed E-state index contributed by atoms with van der Waals surface area (Å²) in [7, 11) is 1.53. The number of aryl methyl sites for hydroxylation is 1. The molecule has 0 aliphatic carbocycles. The first kappa shape index (κ1) is 22.4. The molecule has 1 amide bonds. The number of halogens is 1. The average molecular weight is 498 g/mol. The summed E-state index contributed by atoms with van der Waals surface area (Å²) in [6.45, 7) is 3.03. The number of ether oxygens (including phenoxy) is 1. The number of fused-ring (bicyclic) bond motifs is 1. The lowest BCUT2D eigenvalue weighted by Gasteiger charge is -2.14. The van der Waals surface area contributed by atoms with Crippen LogP contribution in [0.15, 0.2) is 30.7 Å². The van der Waals surface area contributed by atoms with E-state index in [1.165, 1.54) is 30.8 Å². The van der Waals surface area contributed by atoms with Gasteiger partial charge in [-0.2, -0.15) is 4.98 Å². The number of rotatable bonds is 5. The molecule has 5 heterocycles. The van der Waals surface area contributed by atoms with Gasteiger partial charge >= 0.3 is 0 Å². The van der Waals surface area contributed by atoms with Gasteiger partial charge in [-0.3, -0.25) is 15.1 Å². The minimum atomic E-state index is -0.382. The molecule has 1 aliphatic rings. The van der Waals surface area contributed by atoms with E-state index in [1.54, 1.807) is 18.3 Å². The zero-order valence-corrected chi connectivity index (χ0v) is 19.9. The second-order valence-electron chi connectivity index (χ2n) is 7.80. The third kappa shape index (κ3) is 4.37. The van der Waals surface area contributed by atoms with E-state index in [0.717, 1.165) is 5.69 Å². The van der Waals surface area contributed by atoms with Gasteiger partial charge in [-0.05, 0) is 25.5 Å². The maximum Gasteiger partial charge on any atom is 0.259 e. The lowest BCUT2D eigenvalue weighted by Crippen LogP contribution is -2.23. The van der Waals surface area contributed by atoms with E-state index in [1.807, 2.05) is 11.8 Å². The molecule has 10 nitrogen and oxygen atoms in total. The first-order chi connectivity index (χ1) is 16.4. The summed E-state index contributed by atoms with van der Waals surface area (Å²) in [6, 6.07) is 3.44. The standard InChI is InChI=1S/C22H20ClN7O3S/c1-11-5-13(14-6-18(23)25-9-17(14)33-2)15(7-24-11)19(32)28-22-27-16-8-26-21(29-20(16)34-22)30-4-3-12(31)10-30/h5-9,12,31H,3-4,10H2,1-2H3,(H,27,28,32)/t12-/m1/s1. The van der Waals surface area contributed by atoms with E-state index in [0.29, 0.717) is 63.4 Å². The summed E-state index contributed by atoms with van der Waals surface area (Å²) >= 11 is 7.37. The number of pyridine rings is 2. The largest absolute Gasteiger partial charge is 0.494 e. The molecule has 0 saturated carbocycles. The Kier molecular flexibility index (Phi) is 5.98. The van der Waals surface area contributed by atoms with Crippen molar-refractivity contribution in [3.8, 4) is 16.9 Å². The molecule has 4 aromatic rings. The van der Waals surface area contributed by atoms with Gasteiger partial charge in [-0.1, -0.05) is 22.9 Å². The predicted molar refractivity (Wildman–Crippen MR) is 130 cm³/mol. The van der Waals surface area contributed by atoms with Crippen LogP contribution < -0.4 is 15.0 Å². The molecule has 0 bridgehead atoms. The summed E-state index contributed by atoms with van der Waals surface area (Å²) in [5, 5.41) is 13.3. The highest BCUT2D eigenvalue weighted by molar-refractivity contribution is 7.22. The summed E-state index contributed by atoms with van der Waals surface area (Å²) < 4.78 is 5.43. The van der Waals surface area contributed by atoms with E-state index in [-0.39, 0.29) is 17.2 Å². The van der Waals surface area contributed by atoms with Crippen LogP contribution in [0.1, 0.15) is 22.5 Å². The molecule has 5 rings (SSSR count). The maximum atomic E-state index is 13.2. The first-order valence-electron chi connectivity index (χ1n) is 10.5. The van der Waals surface area contributed by atoms with Crippen molar-refractivity contribution in [3.05, 3.63) is 47.1 Å². The highest BCUT2D eigenvalue weighted by Gasteiger charge is 2.23. The Morgan fingerprint density at radius 2 is 2.06 bits per heavy atom. The molecule has 1 aliphatic heterocycles. The fourth-order valence-electron chi connectivity index (χ4n) is 3.77. The van der Waals surface area contributed by atoms with Gasteiger partial charge in [0, 0.05) is 36.1 Å². The molecule has 174 valence electrons. The van der Waals surface area contributed by atoms with Gasteiger partial charge < -0.3 is 14.7 Å². The normalized spacial score (nSPS) is 15.6. The number of hydrogen-bond acceptors (Lipinski definition) is 10. The summed E-state index contributed by atoms with van der Waals surface area (Å²) in [6.07, 6.45) is 4.96. The number of β-amino-alcohol motifs (C(OH)–C–C–N with tert-alkyl or cyclic N) is 1. The maximum absolute atomic E-state index is 13.2. The average Bonchev–Trinajstić information content (AvgIpc) is 3.43. The number of nitrogens with zero attached hydrogens (tertiary/aromatic N) is 6. The molecule has 12 heteroatoms. The Morgan fingerprint density at radius 3 is 2.82 bits per heavy atom. The zero-order chi connectivity index (χ0) is 23.8. The van der Waals surface area contributed by atoms with Crippen LogP contribution in [0, 0.1) is 6.92 Å². The highest BCUT2D eigenvalue weighted by atomic mass is 35.5. The number of anilines is 2. The van der Waals surface area contributed by atoms with Crippen LogP contribution in [0.5, 0.6) is 5.75 Å². The number of carbonyl (C=O) groups is 1. The van der Waals surface area contributed by atoms with Crippen molar-refractivity contribution >= 4 is 50.3 Å². The molecule has 0 spiro atoms. The molecule has 34 heavy (non-hydrogen) atoms. The molecule has 1 atom stereocenters. The lowest BCUT2D eigenvalue weighted by atomic mass is 10.0. The number of nitrogens with one attached hydrogen (secondary N) is 1. The molecule has 0 unspecified atom stereocenters. The SMILES string of the molecule is COc1cnc(Cl)cc1-c1cc(C)ncc1C(=O)Nc1nc2cnc(N3CC[C@@H](O)C3)nc2s1. The topological polar surface area (TPSA) is 126 Å². The Labute approximate surface area is 203 Å². The minimum Gasteiger partial charge on any atom is -0.494 e. The number of thiazole rings is 1. The number of aliphatic hydroxyl groups excluding tert-OH is 1. The van der Waals surface area contributed by atoms with Crippen LogP contribution >= 0.6 is 22.9 Å². The summed E-state index contributed by atoms with van der Waals surface area (Å²) in [5.74, 6) is 0.642. The van der Waals surface area contributed by atoms with Crippen molar-refractivity contribution in [2.24, 2.45) is 0 Å². The smallest absolute Gasteiger partial charge is 0.259 e. The summed E-state index contributed by atoms with van der Waals surface area (Å²) in [5.41, 5.74) is 2.89. The molecular weight excluding hydrogens is 478 g/mol. The van der Waals surface area contributed by atoms with E-state index in [4.69, 9.17) is 16.3 Å². The third-order valence-corrected chi connectivity index (χ3v) is 6.52. The van der Waals surface area contributed by atoms with Crippen LogP contribution in [0.3, 0.4) is 0 Å². The van der Waals surface area contributed by atoms with Crippen molar-refractivity contribution in [1.82, 2.24) is 24.9 Å². The highest BCUT2D eigenvalue weighted by Crippen LogP contribution is 2.34. The lowest BCUT2D eigenvalue weighted by molar-refractivity contribution is 0.102. The Balaban J connectivity index is 1.45. The van der Waals surface area contributed by atoms with Crippen LogP contribution in [-0.4, -0.2) is 62.2 Å². The van der Waals surface area contributed by atoms with Crippen LogP contribution in [0.2, 0.25) is 5.15 Å². The van der Waals surface area contributed by atoms with Gasteiger partial charge in [0.15, 0.2) is 9.96 Å². The van der Waals surface area contributed by atoms with Gasteiger partial charge in [-0.25, -0.2) is 15.0 Å². The second-order valence-corrected chi connectivity index (χ2v) is 9.17. The number of amides is 1. The van der Waals surface area contributed by atoms with Crippen molar-refractivity contribution in [1.29, 1.82) is 0 Å². The predicted octanol–water partition coefficient (Wildman–Crippen LogP) is 3.34. The second kappa shape index (κ2) is 9.09. The van der Waals surface area contributed by atoms with Crippen molar-refractivity contribution in [2.45, 2.75) is 19.4 Å². The number of methoxy groups -OCH3 is 1. The van der Waals surface area contributed by atoms with Gasteiger partial charge in [0.2, 0.25) is 5.95 Å². The van der Waals surface area contributed by atoms with E-state index in [2.05, 4.69) is 30.2 Å². The number of hydrogen-bond donors (Lipinski definition) is 2. The van der Waals surface area contributed by atoms with Crippen LogP contribution in [0.4, 0.5) is 11.1 Å². The Hall–Kier alpha value is -3.41. The third-order valence-electron chi connectivity index (χ3n) is 5.43. The summed E-state index contributed by atoms with van der Waals surface area (Å²) in [4.78, 5) is 37.5. The van der Waals surface area contributed by atoms with Gasteiger partial charge in [-0.15, -0.1) is 0 Å². The Morgan fingerprint density at radius 1 is 1.21 bits per heavy atom. The fourth-order valence-corrected chi connectivity index (χ4v) is 4.73. The number of aromatic nitrogens is 5. The quantitative estimate of drug-likeness (QED) is 0.399. The van der Waals surface area contributed by atoms with Crippen LogP contribution in [0.25, 0.3) is 21.5 Å². The molecule has 1 fully saturated rings. The van der Waals surface area contributed by atoms with Crippen molar-refractivity contribution < 1.29 is 14.6 Å². The van der Waals surface area contributed by atoms with Gasteiger partial charge in [0.05, 0.1) is 31.2 Å². The monoisotopic (exact) mass is 497 g/mol. The van der Waals surface area contributed by atoms with E-state index >= 15 is 0 Å². The molecular formula is C22H20ClN7O3S. The van der Waals surface area contributed by atoms with Crippen LogP contribution in [-0.2, 0) is 0 Å². The van der Waals surface area contributed by atoms with Crippen molar-refractivity contribution in [2.75, 3.05) is 30.4 Å². The Bertz CT molecular complexity index is 1400. The minimum absolute atomic E-state index is 0.280.